The molecule has 2 amide bonds. The second-order valence-corrected chi connectivity index (χ2v) is 9.39. The number of nitrogens with one attached hydrogen (secondary N) is 2. The van der Waals surface area contributed by atoms with Crippen LogP contribution in [0.25, 0.3) is 10.2 Å². The summed E-state index contributed by atoms with van der Waals surface area (Å²) < 4.78 is 1.78. The molecule has 0 saturated heterocycles. The fraction of sp³-hybridized carbons (Fsp3) is 0.125. The van der Waals surface area contributed by atoms with Gasteiger partial charge in [-0.15, -0.1) is 11.3 Å². The number of thiazole rings is 1. The molecule has 156 valence electrons. The number of anilines is 2. The van der Waals surface area contributed by atoms with Crippen LogP contribution >= 0.6 is 23.1 Å². The molecule has 2 N–H and O–H groups in total. The van der Waals surface area contributed by atoms with Crippen LogP contribution in [0.15, 0.2) is 71.1 Å². The van der Waals surface area contributed by atoms with E-state index in [4.69, 9.17) is 0 Å². The van der Waals surface area contributed by atoms with E-state index in [1.54, 1.807) is 0 Å². The van der Waals surface area contributed by atoms with Crippen molar-refractivity contribution in [2.45, 2.75) is 18.2 Å². The van der Waals surface area contributed by atoms with Crippen LogP contribution in [0.1, 0.15) is 21.5 Å². The lowest BCUT2D eigenvalue weighted by atomic mass is 10.1. The van der Waals surface area contributed by atoms with Crippen LogP contribution in [0.5, 0.6) is 0 Å². The number of amides is 2. The zero-order valence-electron chi connectivity index (χ0n) is 17.1. The molecule has 0 fully saturated rings. The molecular formula is C24H21N3O2S2. The molecule has 0 aliphatic rings. The largest absolute Gasteiger partial charge is 0.325 e. The molecule has 1 aromatic heterocycles. The molecular weight excluding hydrogens is 426 g/mol. The van der Waals surface area contributed by atoms with E-state index in [1.165, 1.54) is 23.1 Å². The van der Waals surface area contributed by atoms with Crippen molar-refractivity contribution >= 4 is 56.5 Å². The SMILES string of the molecule is Cc1ccc(C(=O)Nc2ccc3nc(SCC(=O)Nc4ccccc4C)sc3c2)cc1. The number of aromatic nitrogens is 1. The molecule has 0 aliphatic heterocycles. The molecule has 4 rings (SSSR count). The highest BCUT2D eigenvalue weighted by Crippen LogP contribution is 2.31. The number of carbonyl (C=O) groups is 2. The minimum atomic E-state index is -0.147. The van der Waals surface area contributed by atoms with E-state index in [-0.39, 0.29) is 17.6 Å². The Labute approximate surface area is 188 Å². The van der Waals surface area contributed by atoms with Gasteiger partial charge in [0.15, 0.2) is 4.34 Å². The van der Waals surface area contributed by atoms with Crippen molar-refractivity contribution in [2.75, 3.05) is 16.4 Å². The van der Waals surface area contributed by atoms with Gasteiger partial charge in [0.05, 0.1) is 16.0 Å². The van der Waals surface area contributed by atoms with Gasteiger partial charge in [-0.1, -0.05) is 47.7 Å². The number of para-hydroxylation sites is 1. The Morgan fingerprint density at radius 3 is 2.52 bits per heavy atom. The average Bonchev–Trinajstić information content (AvgIpc) is 3.16. The van der Waals surface area contributed by atoms with Crippen LogP contribution in [0.3, 0.4) is 0 Å². The minimum Gasteiger partial charge on any atom is -0.325 e. The third-order valence-corrected chi connectivity index (χ3v) is 6.85. The van der Waals surface area contributed by atoms with Crippen LogP contribution in [0.2, 0.25) is 0 Å². The zero-order chi connectivity index (χ0) is 21.8. The first kappa shape index (κ1) is 21.1. The Morgan fingerprint density at radius 2 is 1.74 bits per heavy atom. The summed E-state index contributed by atoms with van der Waals surface area (Å²) in [7, 11) is 0. The molecule has 5 nitrogen and oxygen atoms in total. The fourth-order valence-corrected chi connectivity index (χ4v) is 4.89. The summed E-state index contributed by atoms with van der Waals surface area (Å²) in [5, 5.41) is 5.86. The minimum absolute atomic E-state index is 0.0652. The maximum Gasteiger partial charge on any atom is 0.255 e. The van der Waals surface area contributed by atoms with Gasteiger partial charge in [-0.3, -0.25) is 9.59 Å². The van der Waals surface area contributed by atoms with Crippen LogP contribution in [-0.4, -0.2) is 22.6 Å². The van der Waals surface area contributed by atoms with Gasteiger partial charge < -0.3 is 10.6 Å². The van der Waals surface area contributed by atoms with E-state index in [0.29, 0.717) is 5.56 Å². The summed E-state index contributed by atoms with van der Waals surface area (Å²) in [5.74, 6) is 0.0708. The Hall–Kier alpha value is -3.16. The predicted octanol–water partition coefficient (Wildman–Crippen LogP) is 5.90. The molecule has 0 atom stereocenters. The maximum atomic E-state index is 12.4. The lowest BCUT2D eigenvalue weighted by Crippen LogP contribution is -2.14. The molecule has 0 aliphatic carbocycles. The second-order valence-electron chi connectivity index (χ2n) is 7.13. The Morgan fingerprint density at radius 1 is 0.968 bits per heavy atom. The van der Waals surface area contributed by atoms with E-state index in [0.717, 1.165) is 37.1 Å². The van der Waals surface area contributed by atoms with Crippen molar-refractivity contribution in [1.82, 2.24) is 4.98 Å². The van der Waals surface area contributed by atoms with Crippen molar-refractivity contribution in [3.05, 3.63) is 83.4 Å². The quantitative estimate of drug-likeness (QED) is 0.361. The molecule has 3 aromatic carbocycles. The number of hydrogen-bond donors (Lipinski definition) is 2. The number of carbonyl (C=O) groups excluding carboxylic acids is 2. The molecule has 4 aromatic rings. The molecule has 1 heterocycles. The van der Waals surface area contributed by atoms with Gasteiger partial charge >= 0.3 is 0 Å². The zero-order valence-corrected chi connectivity index (χ0v) is 18.8. The average molecular weight is 448 g/mol. The molecule has 0 bridgehead atoms. The smallest absolute Gasteiger partial charge is 0.255 e. The molecule has 0 unspecified atom stereocenters. The van der Waals surface area contributed by atoms with Gasteiger partial charge in [-0.25, -0.2) is 4.98 Å². The van der Waals surface area contributed by atoms with Gasteiger partial charge in [0.1, 0.15) is 0 Å². The van der Waals surface area contributed by atoms with E-state index < -0.39 is 0 Å². The molecule has 7 heteroatoms. The summed E-state index contributed by atoms with van der Waals surface area (Å²) in [6, 6.07) is 20.8. The van der Waals surface area contributed by atoms with Gasteiger partial charge in [0, 0.05) is 16.9 Å². The number of benzene rings is 3. The normalized spacial score (nSPS) is 10.8. The molecule has 0 spiro atoms. The van der Waals surface area contributed by atoms with Crippen molar-refractivity contribution in [3.63, 3.8) is 0 Å². The lowest BCUT2D eigenvalue weighted by Gasteiger charge is -2.06. The number of nitrogens with zero attached hydrogens (tertiary/aromatic N) is 1. The Bertz CT molecular complexity index is 1250. The van der Waals surface area contributed by atoms with Crippen LogP contribution in [0, 0.1) is 13.8 Å². The number of fused-ring (bicyclic) bond motifs is 1. The highest BCUT2D eigenvalue weighted by Gasteiger charge is 2.11. The Balaban J connectivity index is 1.39. The number of rotatable bonds is 6. The lowest BCUT2D eigenvalue weighted by molar-refractivity contribution is -0.113. The monoisotopic (exact) mass is 447 g/mol. The van der Waals surface area contributed by atoms with E-state index in [1.807, 2.05) is 80.6 Å². The van der Waals surface area contributed by atoms with Crippen LogP contribution < -0.4 is 10.6 Å². The van der Waals surface area contributed by atoms with Crippen molar-refractivity contribution in [3.8, 4) is 0 Å². The summed E-state index contributed by atoms with van der Waals surface area (Å²) in [4.78, 5) is 29.3. The van der Waals surface area contributed by atoms with Crippen LogP contribution in [0.4, 0.5) is 11.4 Å². The number of aryl methyl sites for hydroxylation is 2. The molecule has 31 heavy (non-hydrogen) atoms. The molecule has 0 saturated carbocycles. The topological polar surface area (TPSA) is 71.1 Å². The first-order valence-corrected chi connectivity index (χ1v) is 11.5. The summed E-state index contributed by atoms with van der Waals surface area (Å²) in [6.45, 7) is 3.95. The summed E-state index contributed by atoms with van der Waals surface area (Å²) >= 11 is 2.91. The summed E-state index contributed by atoms with van der Waals surface area (Å²) in [5.41, 5.74) is 5.15. The number of thioether (sulfide) groups is 1. The van der Waals surface area contributed by atoms with Crippen molar-refractivity contribution in [1.29, 1.82) is 0 Å². The van der Waals surface area contributed by atoms with E-state index in [2.05, 4.69) is 15.6 Å². The highest BCUT2D eigenvalue weighted by atomic mass is 32.2. The van der Waals surface area contributed by atoms with Gasteiger partial charge in [0.25, 0.3) is 5.91 Å². The fourth-order valence-electron chi connectivity index (χ4n) is 2.98. The number of hydrogen-bond acceptors (Lipinski definition) is 5. The van der Waals surface area contributed by atoms with Gasteiger partial charge in [0.2, 0.25) is 5.91 Å². The van der Waals surface area contributed by atoms with Crippen molar-refractivity contribution < 1.29 is 9.59 Å². The first-order chi connectivity index (χ1) is 15.0. The van der Waals surface area contributed by atoms with E-state index in [9.17, 15) is 9.59 Å². The standard InChI is InChI=1S/C24H21N3O2S2/c1-15-7-9-17(10-8-15)23(29)25-18-11-12-20-21(13-18)31-24(27-20)30-14-22(28)26-19-6-4-3-5-16(19)2/h3-13H,14H2,1-2H3,(H,25,29)(H,26,28). The van der Waals surface area contributed by atoms with Gasteiger partial charge in [-0.05, 0) is 55.8 Å². The third kappa shape index (κ3) is 5.31. The summed E-state index contributed by atoms with van der Waals surface area (Å²) in [6.07, 6.45) is 0. The highest BCUT2D eigenvalue weighted by molar-refractivity contribution is 8.01. The van der Waals surface area contributed by atoms with Gasteiger partial charge in [-0.2, -0.15) is 0 Å². The Kier molecular flexibility index (Phi) is 6.34. The second kappa shape index (κ2) is 9.32. The van der Waals surface area contributed by atoms with E-state index >= 15 is 0 Å². The first-order valence-electron chi connectivity index (χ1n) is 9.75. The maximum absolute atomic E-state index is 12.4. The van der Waals surface area contributed by atoms with Crippen molar-refractivity contribution in [2.24, 2.45) is 0 Å². The molecule has 0 radical (unpaired) electrons. The predicted molar refractivity (Wildman–Crippen MR) is 129 cm³/mol. The van der Waals surface area contributed by atoms with Crippen LogP contribution in [-0.2, 0) is 4.79 Å². The third-order valence-electron chi connectivity index (χ3n) is 4.69.